The van der Waals surface area contributed by atoms with Crippen molar-refractivity contribution in [3.63, 3.8) is 0 Å². The van der Waals surface area contributed by atoms with E-state index in [-0.39, 0.29) is 20.9 Å². The number of hydrogen-bond donors (Lipinski definition) is 1. The van der Waals surface area contributed by atoms with Crippen LogP contribution in [0.3, 0.4) is 0 Å². The molecular weight excluding hydrogens is 806 g/mol. The summed E-state index contributed by atoms with van der Waals surface area (Å²) in [6.45, 7) is 18.5. The van der Waals surface area contributed by atoms with Crippen molar-refractivity contribution in [2.24, 2.45) is 11.8 Å². The minimum atomic E-state index is -3.81. The zero-order chi connectivity index (χ0) is 40.4. The van der Waals surface area contributed by atoms with Crippen LogP contribution >= 0.6 is 27.5 Å². The van der Waals surface area contributed by atoms with Gasteiger partial charge in [0.1, 0.15) is 21.7 Å². The Morgan fingerprint density at radius 2 is 1.29 bits per heavy atom. The maximum Gasteiger partial charge on any atom is 0.265 e. The maximum atomic E-state index is 13.2. The molecule has 2 aliphatic rings. The number of fused-ring (bicyclic) bond motifs is 2. The predicted molar refractivity (Wildman–Crippen MR) is 237 cm³/mol. The van der Waals surface area contributed by atoms with Gasteiger partial charge in [-0.25, -0.2) is 23.4 Å². The fourth-order valence-electron chi connectivity index (χ4n) is 8.37. The monoisotopic (exact) mass is 865 g/mol. The maximum absolute atomic E-state index is 13.2. The lowest BCUT2D eigenvalue weighted by Gasteiger charge is -2.26. The summed E-state index contributed by atoms with van der Waals surface area (Å²) in [4.78, 5) is 14.0. The van der Waals surface area contributed by atoms with Gasteiger partial charge in [-0.2, -0.15) is 0 Å². The number of aromatic nitrogens is 5. The molecule has 0 aliphatic heterocycles. The van der Waals surface area contributed by atoms with Crippen molar-refractivity contribution < 1.29 is 8.42 Å². The lowest BCUT2D eigenvalue weighted by Crippen LogP contribution is -2.26. The van der Waals surface area contributed by atoms with E-state index in [1.165, 1.54) is 97.8 Å². The Balaban J connectivity index is 0.000000202. The first-order valence-corrected chi connectivity index (χ1v) is 23.1. The van der Waals surface area contributed by atoms with Gasteiger partial charge in [0.2, 0.25) is 0 Å². The lowest BCUT2D eigenvalue weighted by atomic mass is 9.88. The Kier molecular flexibility index (Phi) is 13.2. The molecule has 5 aromatic rings. The van der Waals surface area contributed by atoms with Gasteiger partial charge in [0, 0.05) is 49.4 Å². The summed E-state index contributed by atoms with van der Waals surface area (Å²) in [6.07, 6.45) is 14.7. The standard InChI is InChI=1S/C24H30BrClN4O2S.C20H31N3/c1-24(2,3)23-28-20-12-17(10-11-21(20)30(23)15-16-8-6-5-7-9-16)29(4)33(31,32)18-13-19(25)22(26)27-14-18;1-5-21-16-11-12-18-17(13-16)22-19(20(2,3)4)23(18)14-15-9-7-6-8-10-15/h10-14,16H,5-9,15H2,1-4H3;11-13,15,21H,5-10,14H2,1-4H3. The van der Waals surface area contributed by atoms with Crippen LogP contribution in [0.15, 0.2) is 58.0 Å². The molecule has 0 spiro atoms. The summed E-state index contributed by atoms with van der Waals surface area (Å²) in [6, 6.07) is 13.8. The molecule has 0 amide bonds. The fourth-order valence-corrected chi connectivity index (χ4v) is 10.1. The molecule has 1 N–H and O–H groups in total. The number of sulfonamides is 1. The zero-order valence-electron chi connectivity index (χ0n) is 34.6. The molecule has 0 bridgehead atoms. The fraction of sp³-hybridized carbons (Fsp3) is 0.568. The van der Waals surface area contributed by atoms with Crippen molar-refractivity contribution in [1.82, 2.24) is 24.1 Å². The van der Waals surface area contributed by atoms with Gasteiger partial charge in [0.25, 0.3) is 10.0 Å². The first-order valence-electron chi connectivity index (χ1n) is 20.5. The highest BCUT2D eigenvalue weighted by atomic mass is 79.9. The van der Waals surface area contributed by atoms with Crippen molar-refractivity contribution >= 4 is 71.0 Å². The van der Waals surface area contributed by atoms with Gasteiger partial charge in [-0.1, -0.05) is 91.7 Å². The summed E-state index contributed by atoms with van der Waals surface area (Å²) >= 11 is 9.20. The average Bonchev–Trinajstić information content (AvgIpc) is 3.71. The van der Waals surface area contributed by atoms with Gasteiger partial charge in [0.15, 0.2) is 0 Å². The summed E-state index contributed by atoms with van der Waals surface area (Å²) < 4.78 is 33.0. The van der Waals surface area contributed by atoms with E-state index in [0.717, 1.165) is 47.9 Å². The number of benzene rings is 2. The minimum absolute atomic E-state index is 0.0691. The first kappa shape index (κ1) is 42.5. The Morgan fingerprint density at radius 1 is 0.786 bits per heavy atom. The van der Waals surface area contributed by atoms with Crippen LogP contribution < -0.4 is 9.62 Å². The molecule has 0 unspecified atom stereocenters. The van der Waals surface area contributed by atoms with E-state index in [0.29, 0.717) is 16.1 Å². The Hall–Kier alpha value is -3.15. The van der Waals surface area contributed by atoms with Gasteiger partial charge in [-0.3, -0.25) is 4.31 Å². The Bertz CT molecular complexity index is 2240. The van der Waals surface area contributed by atoms with E-state index < -0.39 is 10.0 Å². The van der Waals surface area contributed by atoms with Crippen LogP contribution in [0.1, 0.15) is 124 Å². The van der Waals surface area contributed by atoms with Crippen molar-refractivity contribution in [1.29, 1.82) is 0 Å². The van der Waals surface area contributed by atoms with Gasteiger partial charge < -0.3 is 14.5 Å². The topological polar surface area (TPSA) is 97.9 Å². The number of halogens is 2. The molecule has 3 heterocycles. The lowest BCUT2D eigenvalue weighted by molar-refractivity contribution is 0.313. The number of rotatable bonds is 9. The highest BCUT2D eigenvalue weighted by Gasteiger charge is 2.28. The number of hydrogen-bond acceptors (Lipinski definition) is 6. The summed E-state index contributed by atoms with van der Waals surface area (Å²) in [5.74, 6) is 3.75. The SMILES string of the molecule is CCNc1ccc2c(c1)nc(C(C)(C)C)n2CC1CCCCC1.CN(c1ccc2c(c1)nc(C(C)(C)C)n2CC1CCCCC1)S(=O)(=O)c1cnc(Cl)c(Br)c1. The second-order valence-corrected chi connectivity index (χ2v) is 21.1. The molecule has 2 aliphatic carbocycles. The molecule has 3 aromatic heterocycles. The molecule has 9 nitrogen and oxygen atoms in total. The Labute approximate surface area is 348 Å². The van der Waals surface area contributed by atoms with Crippen molar-refractivity contribution in [2.45, 2.75) is 141 Å². The van der Waals surface area contributed by atoms with Crippen LogP contribution in [-0.4, -0.2) is 46.1 Å². The van der Waals surface area contributed by atoms with Crippen LogP contribution in [0.4, 0.5) is 11.4 Å². The average molecular weight is 867 g/mol. The van der Waals surface area contributed by atoms with Crippen LogP contribution in [0, 0.1) is 11.8 Å². The van der Waals surface area contributed by atoms with Crippen LogP contribution in [-0.2, 0) is 33.9 Å². The molecule has 304 valence electrons. The van der Waals surface area contributed by atoms with Gasteiger partial charge in [0.05, 0.1) is 32.2 Å². The van der Waals surface area contributed by atoms with Crippen molar-refractivity contribution in [2.75, 3.05) is 23.2 Å². The third kappa shape index (κ3) is 9.58. The number of imidazole rings is 2. The van der Waals surface area contributed by atoms with Crippen LogP contribution in [0.2, 0.25) is 5.15 Å². The van der Waals surface area contributed by atoms with E-state index in [2.05, 4.69) is 102 Å². The molecule has 2 aromatic carbocycles. The molecule has 2 saturated carbocycles. The number of anilines is 2. The van der Waals surface area contributed by atoms with Gasteiger partial charge in [-0.05, 0) is 103 Å². The van der Waals surface area contributed by atoms with E-state index in [1.807, 2.05) is 18.2 Å². The van der Waals surface area contributed by atoms with Crippen LogP contribution in [0.25, 0.3) is 22.1 Å². The number of pyridine rings is 1. The highest BCUT2D eigenvalue weighted by molar-refractivity contribution is 9.10. The third-order valence-corrected chi connectivity index (χ3v) is 14.2. The smallest absolute Gasteiger partial charge is 0.265 e. The number of nitrogens with zero attached hydrogens (tertiary/aromatic N) is 6. The molecule has 7 rings (SSSR count). The van der Waals surface area contributed by atoms with E-state index >= 15 is 0 Å². The largest absolute Gasteiger partial charge is 0.385 e. The third-order valence-electron chi connectivity index (χ3n) is 11.3. The van der Waals surface area contributed by atoms with E-state index in [4.69, 9.17) is 21.6 Å². The van der Waals surface area contributed by atoms with Gasteiger partial charge >= 0.3 is 0 Å². The summed E-state index contributed by atoms with van der Waals surface area (Å²) in [7, 11) is -2.26. The zero-order valence-corrected chi connectivity index (χ0v) is 37.8. The molecular formula is C44H61BrClN7O2S. The Morgan fingerprint density at radius 3 is 1.77 bits per heavy atom. The molecule has 0 saturated heterocycles. The molecule has 0 radical (unpaired) electrons. The highest BCUT2D eigenvalue weighted by Crippen LogP contribution is 2.35. The molecule has 12 heteroatoms. The van der Waals surface area contributed by atoms with Crippen LogP contribution in [0.5, 0.6) is 0 Å². The first-order chi connectivity index (χ1) is 26.5. The van der Waals surface area contributed by atoms with E-state index in [1.54, 1.807) is 7.05 Å². The summed E-state index contributed by atoms with van der Waals surface area (Å²) in [5, 5.41) is 3.62. The molecule has 56 heavy (non-hydrogen) atoms. The predicted octanol–water partition coefficient (Wildman–Crippen LogP) is 11.9. The second kappa shape index (κ2) is 17.4. The van der Waals surface area contributed by atoms with Gasteiger partial charge in [-0.15, -0.1) is 0 Å². The summed E-state index contributed by atoms with van der Waals surface area (Å²) in [5.41, 5.74) is 5.96. The quantitative estimate of drug-likeness (QED) is 0.148. The molecule has 2 fully saturated rings. The van der Waals surface area contributed by atoms with Crippen molar-refractivity contribution in [3.05, 3.63) is 69.9 Å². The minimum Gasteiger partial charge on any atom is -0.385 e. The van der Waals surface area contributed by atoms with Crippen molar-refractivity contribution in [3.8, 4) is 0 Å². The van der Waals surface area contributed by atoms with E-state index in [9.17, 15) is 8.42 Å². The molecule has 0 atom stereocenters. The number of nitrogens with one attached hydrogen (secondary N) is 1. The second-order valence-electron chi connectivity index (χ2n) is 17.9. The normalized spacial score (nSPS) is 16.2.